The molecule has 0 unspecified atom stereocenters. The van der Waals surface area contributed by atoms with Gasteiger partial charge in [-0.05, 0) is 37.1 Å². The van der Waals surface area contributed by atoms with E-state index >= 15 is 0 Å². The number of anilines is 2. The minimum Gasteiger partial charge on any atom is -0.393 e. The maximum atomic E-state index is 12.6. The molecular weight excluding hydrogens is 322 g/mol. The number of carbonyl (C=O) groups excluding carboxylic acids is 1. The van der Waals surface area contributed by atoms with Crippen LogP contribution in [0.2, 0.25) is 0 Å². The summed E-state index contributed by atoms with van der Waals surface area (Å²) in [5, 5.41) is 24.0. The molecule has 0 bridgehead atoms. The molecule has 0 saturated carbocycles. The lowest BCUT2D eigenvalue weighted by Crippen LogP contribution is -2.40. The van der Waals surface area contributed by atoms with Gasteiger partial charge in [0.05, 0.1) is 11.0 Å². The molecule has 7 nitrogen and oxygen atoms in total. The maximum absolute atomic E-state index is 12.6. The Morgan fingerprint density at radius 2 is 1.84 bits per heavy atom. The average Bonchev–Trinajstić information content (AvgIpc) is 2.63. The van der Waals surface area contributed by atoms with E-state index in [-0.39, 0.29) is 23.3 Å². The number of nitrogens with zero attached hydrogens (tertiary/aromatic N) is 2. The molecule has 25 heavy (non-hydrogen) atoms. The van der Waals surface area contributed by atoms with Crippen molar-refractivity contribution >= 4 is 23.0 Å². The number of nitro benzene ring substituents is 1. The number of hydrogen-bond acceptors (Lipinski definition) is 5. The zero-order valence-corrected chi connectivity index (χ0v) is 13.6. The lowest BCUT2D eigenvalue weighted by Gasteiger charge is -2.29. The van der Waals surface area contributed by atoms with Gasteiger partial charge in [-0.15, -0.1) is 0 Å². The first-order valence-electron chi connectivity index (χ1n) is 8.12. The molecule has 130 valence electrons. The molecule has 0 radical (unpaired) electrons. The van der Waals surface area contributed by atoms with E-state index in [1.54, 1.807) is 17.0 Å². The van der Waals surface area contributed by atoms with Crippen LogP contribution in [0.25, 0.3) is 0 Å². The summed E-state index contributed by atoms with van der Waals surface area (Å²) < 4.78 is 0. The third kappa shape index (κ3) is 3.95. The van der Waals surface area contributed by atoms with Crippen LogP contribution in [0.4, 0.5) is 17.1 Å². The molecule has 1 saturated heterocycles. The fraction of sp³-hybridized carbons (Fsp3) is 0.278. The average molecular weight is 341 g/mol. The predicted octanol–water partition coefficient (Wildman–Crippen LogP) is 2.94. The molecule has 2 aromatic carbocycles. The first kappa shape index (κ1) is 16.9. The van der Waals surface area contributed by atoms with Crippen LogP contribution in [0.1, 0.15) is 23.2 Å². The smallest absolute Gasteiger partial charge is 0.293 e. The van der Waals surface area contributed by atoms with Crippen molar-refractivity contribution in [3.8, 4) is 0 Å². The van der Waals surface area contributed by atoms with Gasteiger partial charge in [0.15, 0.2) is 0 Å². The van der Waals surface area contributed by atoms with Gasteiger partial charge in [-0.3, -0.25) is 14.9 Å². The molecule has 0 aliphatic carbocycles. The summed E-state index contributed by atoms with van der Waals surface area (Å²) in [5.74, 6) is -0.249. The number of nitro groups is 1. The number of hydrogen-bond donors (Lipinski definition) is 2. The number of aliphatic hydroxyl groups excluding tert-OH is 1. The van der Waals surface area contributed by atoms with Crippen LogP contribution in [0.15, 0.2) is 48.5 Å². The third-order valence-electron chi connectivity index (χ3n) is 4.25. The summed E-state index contributed by atoms with van der Waals surface area (Å²) in [6.45, 7) is 0.912. The Labute approximate surface area is 145 Å². The zero-order valence-electron chi connectivity index (χ0n) is 13.6. The Hall–Kier alpha value is -2.93. The minimum atomic E-state index is -0.498. The van der Waals surface area contributed by atoms with Crippen molar-refractivity contribution in [2.75, 3.05) is 18.4 Å². The van der Waals surface area contributed by atoms with Gasteiger partial charge in [-0.2, -0.15) is 0 Å². The Morgan fingerprint density at radius 3 is 2.48 bits per heavy atom. The number of rotatable bonds is 4. The number of piperidine rings is 1. The SMILES string of the molecule is O=C(c1ccc(Nc2ccccc2)c([N+](=O)[O-])c1)N1CCC(O)CC1. The van der Waals surface area contributed by atoms with Crippen molar-refractivity contribution in [1.82, 2.24) is 4.90 Å². The normalized spacial score (nSPS) is 15.0. The van der Waals surface area contributed by atoms with Gasteiger partial charge in [-0.25, -0.2) is 0 Å². The standard InChI is InChI=1S/C18H19N3O4/c22-15-8-10-20(11-9-15)18(23)13-6-7-16(17(12-13)21(24)25)19-14-4-2-1-3-5-14/h1-7,12,15,19,22H,8-11H2. The van der Waals surface area contributed by atoms with Crippen LogP contribution >= 0.6 is 0 Å². The molecule has 0 spiro atoms. The molecule has 2 aromatic rings. The highest BCUT2D eigenvalue weighted by Gasteiger charge is 2.24. The van der Waals surface area contributed by atoms with E-state index in [2.05, 4.69) is 5.32 Å². The minimum absolute atomic E-state index is 0.147. The van der Waals surface area contributed by atoms with E-state index in [0.717, 1.165) is 5.69 Å². The number of amides is 1. The number of likely N-dealkylation sites (tertiary alicyclic amines) is 1. The second-order valence-electron chi connectivity index (χ2n) is 6.00. The summed E-state index contributed by atoms with van der Waals surface area (Å²) in [7, 11) is 0. The van der Waals surface area contributed by atoms with Gasteiger partial charge >= 0.3 is 0 Å². The zero-order chi connectivity index (χ0) is 17.8. The Kier molecular flexibility index (Phi) is 4.95. The first-order valence-corrected chi connectivity index (χ1v) is 8.12. The van der Waals surface area contributed by atoms with Gasteiger partial charge in [-0.1, -0.05) is 18.2 Å². The highest BCUT2D eigenvalue weighted by atomic mass is 16.6. The number of para-hydroxylation sites is 1. The summed E-state index contributed by atoms with van der Waals surface area (Å²) in [6.07, 6.45) is 0.680. The Bertz CT molecular complexity index is 771. The highest BCUT2D eigenvalue weighted by molar-refractivity contribution is 5.96. The lowest BCUT2D eigenvalue weighted by atomic mass is 10.1. The highest BCUT2D eigenvalue weighted by Crippen LogP contribution is 2.29. The summed E-state index contributed by atoms with van der Waals surface area (Å²) in [5.41, 5.74) is 1.20. The number of benzene rings is 2. The Morgan fingerprint density at radius 1 is 1.16 bits per heavy atom. The van der Waals surface area contributed by atoms with Crippen LogP contribution in [0, 0.1) is 10.1 Å². The van der Waals surface area contributed by atoms with Crippen LogP contribution in [0.5, 0.6) is 0 Å². The van der Waals surface area contributed by atoms with Crippen molar-refractivity contribution in [2.24, 2.45) is 0 Å². The second-order valence-corrected chi connectivity index (χ2v) is 6.00. The van der Waals surface area contributed by atoms with E-state index < -0.39 is 4.92 Å². The van der Waals surface area contributed by atoms with Gasteiger partial charge in [0.2, 0.25) is 0 Å². The molecular formula is C18H19N3O4. The molecule has 0 aromatic heterocycles. The van der Waals surface area contributed by atoms with E-state index in [1.807, 2.05) is 30.3 Å². The van der Waals surface area contributed by atoms with Crippen LogP contribution in [0.3, 0.4) is 0 Å². The van der Waals surface area contributed by atoms with Crippen molar-refractivity contribution in [2.45, 2.75) is 18.9 Å². The molecule has 3 rings (SSSR count). The number of carbonyl (C=O) groups is 1. The number of nitrogens with one attached hydrogen (secondary N) is 1. The van der Waals surface area contributed by atoms with Crippen molar-refractivity contribution in [3.63, 3.8) is 0 Å². The van der Waals surface area contributed by atoms with Crippen LogP contribution < -0.4 is 5.32 Å². The Balaban J connectivity index is 1.83. The van der Waals surface area contributed by atoms with Gasteiger partial charge < -0.3 is 15.3 Å². The third-order valence-corrected chi connectivity index (χ3v) is 4.25. The quantitative estimate of drug-likeness (QED) is 0.658. The maximum Gasteiger partial charge on any atom is 0.293 e. The molecule has 0 atom stereocenters. The van der Waals surface area contributed by atoms with E-state index in [4.69, 9.17) is 0 Å². The molecule has 2 N–H and O–H groups in total. The van der Waals surface area contributed by atoms with Crippen LogP contribution in [-0.4, -0.2) is 40.0 Å². The van der Waals surface area contributed by atoms with Crippen molar-refractivity contribution < 1.29 is 14.8 Å². The molecule has 7 heteroatoms. The van der Waals surface area contributed by atoms with Crippen molar-refractivity contribution in [3.05, 3.63) is 64.2 Å². The second kappa shape index (κ2) is 7.31. The molecule has 1 aliphatic rings. The summed E-state index contributed by atoms with van der Waals surface area (Å²) >= 11 is 0. The van der Waals surface area contributed by atoms with Crippen LogP contribution in [-0.2, 0) is 0 Å². The van der Waals surface area contributed by atoms with E-state index in [9.17, 15) is 20.0 Å². The molecule has 1 fully saturated rings. The van der Waals surface area contributed by atoms with Gasteiger partial charge in [0.25, 0.3) is 11.6 Å². The van der Waals surface area contributed by atoms with E-state index in [0.29, 0.717) is 31.6 Å². The monoisotopic (exact) mass is 341 g/mol. The van der Waals surface area contributed by atoms with Gasteiger partial charge in [0.1, 0.15) is 5.69 Å². The summed E-state index contributed by atoms with van der Waals surface area (Å²) in [4.78, 5) is 25.1. The topological polar surface area (TPSA) is 95.7 Å². The first-order chi connectivity index (χ1) is 12.0. The number of aliphatic hydroxyl groups is 1. The lowest BCUT2D eigenvalue weighted by molar-refractivity contribution is -0.383. The molecule has 1 heterocycles. The molecule has 1 aliphatic heterocycles. The van der Waals surface area contributed by atoms with Gasteiger partial charge in [0, 0.05) is 30.4 Å². The van der Waals surface area contributed by atoms with E-state index in [1.165, 1.54) is 6.07 Å². The fourth-order valence-corrected chi connectivity index (χ4v) is 2.85. The molecule has 1 amide bonds. The predicted molar refractivity (Wildman–Crippen MR) is 94.0 cm³/mol. The largest absolute Gasteiger partial charge is 0.393 e. The summed E-state index contributed by atoms with van der Waals surface area (Å²) in [6, 6.07) is 13.6. The fourth-order valence-electron chi connectivity index (χ4n) is 2.85. The van der Waals surface area contributed by atoms with Crippen molar-refractivity contribution in [1.29, 1.82) is 0 Å².